The van der Waals surface area contributed by atoms with Gasteiger partial charge in [0.1, 0.15) is 5.03 Å². The van der Waals surface area contributed by atoms with E-state index >= 15 is 0 Å². The molecule has 3 nitrogen and oxygen atoms in total. The van der Waals surface area contributed by atoms with E-state index in [1.807, 2.05) is 0 Å². The molecule has 5 heteroatoms. The van der Waals surface area contributed by atoms with Crippen molar-refractivity contribution in [2.75, 3.05) is 0 Å². The van der Waals surface area contributed by atoms with Gasteiger partial charge in [0.15, 0.2) is 0 Å². The second-order valence-electron chi connectivity index (χ2n) is 4.45. The van der Waals surface area contributed by atoms with E-state index in [4.69, 9.17) is 0 Å². The highest BCUT2D eigenvalue weighted by atomic mass is 79.9. The Bertz CT molecular complexity index is 531. The van der Waals surface area contributed by atoms with Crippen molar-refractivity contribution in [2.24, 2.45) is 0 Å². The molecule has 0 saturated heterocycles. The zero-order valence-corrected chi connectivity index (χ0v) is 13.3. The molecule has 100 valence electrons. The summed E-state index contributed by atoms with van der Waals surface area (Å²) in [6.45, 7) is 5.17. The van der Waals surface area contributed by atoms with Gasteiger partial charge in [-0.25, -0.2) is 4.98 Å². The SMILES string of the molecule is CC(C)NCc1ccc(Sc2cnccn2)c(Br)c1. The Hall–Kier alpha value is -0.910. The normalized spacial score (nSPS) is 10.9. The number of nitrogens with one attached hydrogen (secondary N) is 1. The fourth-order valence-corrected chi connectivity index (χ4v) is 2.92. The summed E-state index contributed by atoms with van der Waals surface area (Å²) in [7, 11) is 0. The first-order chi connectivity index (χ1) is 9.15. The maximum absolute atomic E-state index is 4.26. The van der Waals surface area contributed by atoms with E-state index in [-0.39, 0.29) is 0 Å². The molecule has 0 amide bonds. The van der Waals surface area contributed by atoms with Gasteiger partial charge < -0.3 is 5.32 Å². The number of nitrogens with zero attached hydrogens (tertiary/aromatic N) is 2. The molecular formula is C14H16BrN3S. The van der Waals surface area contributed by atoms with E-state index in [9.17, 15) is 0 Å². The number of halogens is 1. The molecular weight excluding hydrogens is 322 g/mol. The smallest absolute Gasteiger partial charge is 0.119 e. The monoisotopic (exact) mass is 337 g/mol. The number of hydrogen-bond acceptors (Lipinski definition) is 4. The Morgan fingerprint density at radius 1 is 1.32 bits per heavy atom. The minimum Gasteiger partial charge on any atom is -0.310 e. The highest BCUT2D eigenvalue weighted by Crippen LogP contribution is 2.32. The zero-order chi connectivity index (χ0) is 13.7. The van der Waals surface area contributed by atoms with Crippen LogP contribution in [-0.2, 0) is 6.54 Å². The molecule has 0 spiro atoms. The molecule has 0 aliphatic carbocycles. The lowest BCUT2D eigenvalue weighted by atomic mass is 10.2. The van der Waals surface area contributed by atoms with E-state index in [0.717, 1.165) is 20.9 Å². The van der Waals surface area contributed by atoms with Crippen molar-refractivity contribution in [1.82, 2.24) is 15.3 Å². The van der Waals surface area contributed by atoms with Gasteiger partial charge in [-0.2, -0.15) is 0 Å². The van der Waals surface area contributed by atoms with Crippen LogP contribution in [0, 0.1) is 0 Å². The zero-order valence-electron chi connectivity index (χ0n) is 10.9. The fourth-order valence-electron chi connectivity index (χ4n) is 1.51. The largest absolute Gasteiger partial charge is 0.310 e. The van der Waals surface area contributed by atoms with Crippen LogP contribution in [0.15, 0.2) is 51.2 Å². The van der Waals surface area contributed by atoms with Crippen molar-refractivity contribution in [3.8, 4) is 0 Å². The first kappa shape index (κ1) is 14.5. The van der Waals surface area contributed by atoms with Crippen molar-refractivity contribution in [3.05, 3.63) is 46.8 Å². The Morgan fingerprint density at radius 2 is 2.16 bits per heavy atom. The van der Waals surface area contributed by atoms with E-state index in [1.54, 1.807) is 30.4 Å². The molecule has 0 aliphatic heterocycles. The number of rotatable bonds is 5. The number of aromatic nitrogens is 2. The topological polar surface area (TPSA) is 37.8 Å². The third kappa shape index (κ3) is 4.60. The fraction of sp³-hybridized carbons (Fsp3) is 0.286. The van der Waals surface area contributed by atoms with E-state index in [2.05, 4.69) is 63.3 Å². The first-order valence-corrected chi connectivity index (χ1v) is 7.72. The van der Waals surface area contributed by atoms with Crippen molar-refractivity contribution in [1.29, 1.82) is 0 Å². The van der Waals surface area contributed by atoms with E-state index in [1.165, 1.54) is 5.56 Å². The van der Waals surface area contributed by atoms with Gasteiger partial charge in [-0.15, -0.1) is 0 Å². The summed E-state index contributed by atoms with van der Waals surface area (Å²) in [5.41, 5.74) is 1.27. The summed E-state index contributed by atoms with van der Waals surface area (Å²) >= 11 is 5.22. The third-order valence-corrected chi connectivity index (χ3v) is 4.38. The van der Waals surface area contributed by atoms with Gasteiger partial charge >= 0.3 is 0 Å². The Balaban J connectivity index is 2.07. The quantitative estimate of drug-likeness (QED) is 0.898. The van der Waals surface area contributed by atoms with Crippen LogP contribution in [0.4, 0.5) is 0 Å². The summed E-state index contributed by atoms with van der Waals surface area (Å²) in [4.78, 5) is 9.48. The van der Waals surface area contributed by atoms with Crippen LogP contribution in [0.5, 0.6) is 0 Å². The maximum Gasteiger partial charge on any atom is 0.119 e. The second-order valence-corrected chi connectivity index (χ2v) is 6.36. The molecule has 1 aromatic heterocycles. The van der Waals surface area contributed by atoms with Gasteiger partial charge in [0.2, 0.25) is 0 Å². The minimum atomic E-state index is 0.493. The highest BCUT2D eigenvalue weighted by Gasteiger charge is 2.05. The molecule has 0 aliphatic rings. The molecule has 0 saturated carbocycles. The standard InChI is InChI=1S/C14H16BrN3S/c1-10(2)18-8-11-3-4-13(12(15)7-11)19-14-9-16-5-6-17-14/h3-7,9-10,18H,8H2,1-2H3. The van der Waals surface area contributed by atoms with Gasteiger partial charge in [-0.1, -0.05) is 31.7 Å². The van der Waals surface area contributed by atoms with Crippen LogP contribution in [0.25, 0.3) is 0 Å². The Labute approximate surface area is 126 Å². The highest BCUT2D eigenvalue weighted by molar-refractivity contribution is 9.10. The average molecular weight is 338 g/mol. The molecule has 1 heterocycles. The molecule has 0 atom stereocenters. The van der Waals surface area contributed by atoms with Gasteiger partial charge in [-0.3, -0.25) is 4.98 Å². The van der Waals surface area contributed by atoms with Crippen LogP contribution < -0.4 is 5.32 Å². The van der Waals surface area contributed by atoms with Gasteiger partial charge in [-0.05, 0) is 33.6 Å². The van der Waals surface area contributed by atoms with Crippen LogP contribution in [0.1, 0.15) is 19.4 Å². The predicted octanol–water partition coefficient (Wildman–Crippen LogP) is 3.89. The Kier molecular flexibility index (Phi) is 5.36. The van der Waals surface area contributed by atoms with Crippen molar-refractivity contribution < 1.29 is 0 Å². The summed E-state index contributed by atoms with van der Waals surface area (Å²) < 4.78 is 1.09. The van der Waals surface area contributed by atoms with Gasteiger partial charge in [0, 0.05) is 34.3 Å². The van der Waals surface area contributed by atoms with Gasteiger partial charge in [0.05, 0.1) is 6.20 Å². The molecule has 2 rings (SSSR count). The lowest BCUT2D eigenvalue weighted by Gasteiger charge is -2.10. The molecule has 2 aromatic rings. The minimum absolute atomic E-state index is 0.493. The summed E-state index contributed by atoms with van der Waals surface area (Å²) in [5, 5.41) is 4.31. The molecule has 0 fully saturated rings. The van der Waals surface area contributed by atoms with Crippen molar-refractivity contribution in [2.45, 2.75) is 36.4 Å². The van der Waals surface area contributed by atoms with Crippen LogP contribution >= 0.6 is 27.7 Å². The lowest BCUT2D eigenvalue weighted by Crippen LogP contribution is -2.21. The molecule has 1 N–H and O–H groups in total. The van der Waals surface area contributed by atoms with E-state index < -0.39 is 0 Å². The van der Waals surface area contributed by atoms with Crippen molar-refractivity contribution >= 4 is 27.7 Å². The summed E-state index contributed by atoms with van der Waals surface area (Å²) in [5.74, 6) is 0. The predicted molar refractivity (Wildman–Crippen MR) is 82.3 cm³/mol. The van der Waals surface area contributed by atoms with Crippen LogP contribution in [0.2, 0.25) is 0 Å². The summed E-state index contributed by atoms with van der Waals surface area (Å²) in [6.07, 6.45) is 5.16. The molecule has 0 unspecified atom stereocenters. The number of hydrogen-bond donors (Lipinski definition) is 1. The molecule has 0 radical (unpaired) electrons. The average Bonchev–Trinajstić information content (AvgIpc) is 2.40. The molecule has 0 bridgehead atoms. The Morgan fingerprint density at radius 3 is 2.79 bits per heavy atom. The number of benzene rings is 1. The van der Waals surface area contributed by atoms with Crippen molar-refractivity contribution in [3.63, 3.8) is 0 Å². The lowest BCUT2D eigenvalue weighted by molar-refractivity contribution is 0.588. The molecule has 19 heavy (non-hydrogen) atoms. The van der Waals surface area contributed by atoms with E-state index in [0.29, 0.717) is 6.04 Å². The van der Waals surface area contributed by atoms with Crippen LogP contribution in [-0.4, -0.2) is 16.0 Å². The van der Waals surface area contributed by atoms with Gasteiger partial charge in [0.25, 0.3) is 0 Å². The maximum atomic E-state index is 4.26. The summed E-state index contributed by atoms with van der Waals surface area (Å²) in [6, 6.07) is 6.89. The first-order valence-electron chi connectivity index (χ1n) is 6.11. The molecule has 1 aromatic carbocycles. The van der Waals surface area contributed by atoms with Crippen LogP contribution in [0.3, 0.4) is 0 Å². The second kappa shape index (κ2) is 7.03. The third-order valence-electron chi connectivity index (χ3n) is 2.46.